The van der Waals surface area contributed by atoms with E-state index in [9.17, 15) is 18.0 Å². The maximum Gasteiger partial charge on any atom is 0.264 e. The Hall–Kier alpha value is -3.37. The molecule has 1 N–H and O–H groups in total. The van der Waals surface area contributed by atoms with Crippen LogP contribution in [-0.4, -0.2) is 50.9 Å². The Balaban J connectivity index is 2.05. The van der Waals surface area contributed by atoms with Gasteiger partial charge in [-0.2, -0.15) is 0 Å². The van der Waals surface area contributed by atoms with E-state index in [1.165, 1.54) is 24.1 Å². The van der Waals surface area contributed by atoms with Crippen LogP contribution < -0.4 is 14.4 Å². The fourth-order valence-electron chi connectivity index (χ4n) is 3.95. The number of hydrogen-bond donors (Lipinski definition) is 1. The Morgan fingerprint density at radius 1 is 0.974 bits per heavy atom. The maximum absolute atomic E-state index is 14.0. The molecule has 3 rings (SSSR count). The first kappa shape index (κ1) is 30.2. The Morgan fingerprint density at radius 2 is 1.64 bits per heavy atom. The van der Waals surface area contributed by atoms with Crippen molar-refractivity contribution in [2.45, 2.75) is 50.7 Å². The number of hydrogen-bond acceptors (Lipinski definition) is 5. The Morgan fingerprint density at radius 3 is 2.28 bits per heavy atom. The van der Waals surface area contributed by atoms with Gasteiger partial charge in [0.1, 0.15) is 18.3 Å². The highest BCUT2D eigenvalue weighted by molar-refractivity contribution is 9.10. The number of para-hydroxylation sites is 2. The first-order valence-corrected chi connectivity index (χ1v) is 14.9. The minimum atomic E-state index is -4.17. The summed E-state index contributed by atoms with van der Waals surface area (Å²) in [6, 6.07) is 21.0. The molecule has 0 aliphatic heterocycles. The third kappa shape index (κ3) is 7.60. The summed E-state index contributed by atoms with van der Waals surface area (Å²) in [5.74, 6) is -0.555. The van der Waals surface area contributed by atoms with Crippen molar-refractivity contribution in [3.05, 3.63) is 88.9 Å². The van der Waals surface area contributed by atoms with Crippen molar-refractivity contribution < 1.29 is 22.7 Å². The van der Waals surface area contributed by atoms with Gasteiger partial charge in [-0.05, 0) is 62.2 Å². The van der Waals surface area contributed by atoms with Gasteiger partial charge in [-0.1, -0.05) is 65.3 Å². The number of anilines is 1. The smallest absolute Gasteiger partial charge is 0.264 e. The van der Waals surface area contributed by atoms with Gasteiger partial charge in [0.05, 0.1) is 17.7 Å². The molecule has 0 spiro atoms. The second-order valence-electron chi connectivity index (χ2n) is 9.14. The van der Waals surface area contributed by atoms with Crippen molar-refractivity contribution in [2.24, 2.45) is 0 Å². The second-order valence-corrected chi connectivity index (χ2v) is 11.9. The molecule has 3 aromatic carbocycles. The zero-order chi connectivity index (χ0) is 28.6. The lowest BCUT2D eigenvalue weighted by Gasteiger charge is -2.32. The number of amides is 2. The Bertz CT molecular complexity index is 1380. The molecule has 0 radical (unpaired) electrons. The van der Waals surface area contributed by atoms with Crippen molar-refractivity contribution in [3.63, 3.8) is 0 Å². The van der Waals surface area contributed by atoms with Gasteiger partial charge in [0.15, 0.2) is 0 Å². The minimum Gasteiger partial charge on any atom is -0.495 e. The molecule has 0 bridgehead atoms. The maximum atomic E-state index is 14.0. The fraction of sp³-hybridized carbons (Fsp3) is 0.310. The SMILES string of the molecule is CC[C@@H](C)NC(=O)[C@@H](C)N(Cc1cccc(Br)c1)C(=O)CN(c1ccccc1OC)S(=O)(=O)c1ccccc1. The van der Waals surface area contributed by atoms with Crippen molar-refractivity contribution in [3.8, 4) is 5.75 Å². The van der Waals surface area contributed by atoms with E-state index >= 15 is 0 Å². The Kier molecular flexibility index (Phi) is 10.5. The zero-order valence-corrected chi connectivity index (χ0v) is 24.9. The molecule has 8 nitrogen and oxygen atoms in total. The van der Waals surface area contributed by atoms with E-state index < -0.39 is 28.5 Å². The van der Waals surface area contributed by atoms with Gasteiger partial charge >= 0.3 is 0 Å². The summed E-state index contributed by atoms with van der Waals surface area (Å²) in [6.07, 6.45) is 0.731. The monoisotopic (exact) mass is 615 g/mol. The lowest BCUT2D eigenvalue weighted by atomic mass is 10.1. The van der Waals surface area contributed by atoms with Gasteiger partial charge in [-0.15, -0.1) is 0 Å². The van der Waals surface area contributed by atoms with Gasteiger partial charge in [0.25, 0.3) is 10.0 Å². The molecular weight excluding hydrogens is 582 g/mol. The topological polar surface area (TPSA) is 96.0 Å². The molecule has 10 heteroatoms. The number of rotatable bonds is 12. The largest absolute Gasteiger partial charge is 0.495 e. The third-order valence-corrected chi connectivity index (χ3v) is 8.64. The number of sulfonamides is 1. The van der Waals surface area contributed by atoms with Crippen LogP contribution in [0.3, 0.4) is 0 Å². The highest BCUT2D eigenvalue weighted by Crippen LogP contribution is 2.32. The van der Waals surface area contributed by atoms with E-state index in [1.54, 1.807) is 49.4 Å². The van der Waals surface area contributed by atoms with E-state index in [0.29, 0.717) is 5.75 Å². The van der Waals surface area contributed by atoms with Gasteiger partial charge in [-0.3, -0.25) is 13.9 Å². The van der Waals surface area contributed by atoms with E-state index in [2.05, 4.69) is 21.2 Å². The van der Waals surface area contributed by atoms with Crippen LogP contribution in [0.25, 0.3) is 0 Å². The van der Waals surface area contributed by atoms with Crippen LogP contribution in [0.15, 0.2) is 88.2 Å². The molecular formula is C29H34BrN3O5S. The van der Waals surface area contributed by atoms with Crippen LogP contribution in [0.5, 0.6) is 5.75 Å². The predicted molar refractivity (Wildman–Crippen MR) is 156 cm³/mol. The van der Waals surface area contributed by atoms with Crippen molar-refractivity contribution in [1.82, 2.24) is 10.2 Å². The number of benzene rings is 3. The number of carbonyl (C=O) groups excluding carboxylic acids is 2. The number of carbonyl (C=O) groups is 2. The number of nitrogens with zero attached hydrogens (tertiary/aromatic N) is 2. The van der Waals surface area contributed by atoms with E-state index in [1.807, 2.05) is 38.1 Å². The first-order chi connectivity index (χ1) is 18.6. The lowest BCUT2D eigenvalue weighted by molar-refractivity contribution is -0.139. The normalized spacial score (nSPS) is 12.7. The molecule has 2 amide bonds. The molecule has 0 heterocycles. The molecule has 39 heavy (non-hydrogen) atoms. The molecule has 0 aliphatic rings. The molecule has 0 unspecified atom stereocenters. The molecule has 0 aromatic heterocycles. The highest BCUT2D eigenvalue weighted by atomic mass is 79.9. The quantitative estimate of drug-likeness (QED) is 0.310. The number of nitrogens with one attached hydrogen (secondary N) is 1. The van der Waals surface area contributed by atoms with Crippen LogP contribution in [-0.2, 0) is 26.2 Å². The van der Waals surface area contributed by atoms with Crippen LogP contribution >= 0.6 is 15.9 Å². The standard InChI is InChI=1S/C29H34BrN3O5S/c1-5-21(2)31-29(35)22(3)32(19-23-12-11-13-24(30)18-23)28(34)20-33(26-16-9-10-17-27(26)38-4)39(36,37)25-14-7-6-8-15-25/h6-18,21-22H,5,19-20H2,1-4H3,(H,31,35)/t21-,22-/m1/s1. The van der Waals surface area contributed by atoms with Gasteiger partial charge < -0.3 is 15.0 Å². The summed E-state index contributed by atoms with van der Waals surface area (Å²) in [6.45, 7) is 5.07. The summed E-state index contributed by atoms with van der Waals surface area (Å²) >= 11 is 3.45. The Labute approximate surface area is 239 Å². The lowest BCUT2D eigenvalue weighted by Crippen LogP contribution is -2.52. The van der Waals surface area contributed by atoms with Crippen LogP contribution in [0, 0.1) is 0 Å². The summed E-state index contributed by atoms with van der Waals surface area (Å²) in [7, 11) is -2.73. The second kappa shape index (κ2) is 13.6. The average Bonchev–Trinajstić information content (AvgIpc) is 2.94. The summed E-state index contributed by atoms with van der Waals surface area (Å²) in [4.78, 5) is 28.5. The fourth-order valence-corrected chi connectivity index (χ4v) is 5.84. The van der Waals surface area contributed by atoms with Crippen LogP contribution in [0.4, 0.5) is 5.69 Å². The van der Waals surface area contributed by atoms with E-state index in [4.69, 9.17) is 4.74 Å². The predicted octanol–water partition coefficient (Wildman–Crippen LogP) is 4.99. The summed E-state index contributed by atoms with van der Waals surface area (Å²) < 4.78 is 35.0. The van der Waals surface area contributed by atoms with E-state index in [-0.39, 0.29) is 29.1 Å². The van der Waals surface area contributed by atoms with Gasteiger partial charge in [0, 0.05) is 17.1 Å². The molecule has 0 fully saturated rings. The molecule has 0 saturated heterocycles. The summed E-state index contributed by atoms with van der Waals surface area (Å²) in [5.41, 5.74) is 1.01. The zero-order valence-electron chi connectivity index (χ0n) is 22.5. The summed E-state index contributed by atoms with van der Waals surface area (Å²) in [5, 5.41) is 2.93. The van der Waals surface area contributed by atoms with Crippen LogP contribution in [0.2, 0.25) is 0 Å². The van der Waals surface area contributed by atoms with Crippen molar-refractivity contribution in [2.75, 3.05) is 18.0 Å². The van der Waals surface area contributed by atoms with E-state index in [0.717, 1.165) is 20.8 Å². The first-order valence-electron chi connectivity index (χ1n) is 12.6. The number of halogens is 1. The number of ether oxygens (including phenoxy) is 1. The third-order valence-electron chi connectivity index (χ3n) is 6.37. The van der Waals surface area contributed by atoms with Crippen molar-refractivity contribution >= 4 is 43.5 Å². The molecule has 3 aromatic rings. The van der Waals surface area contributed by atoms with Gasteiger partial charge in [-0.25, -0.2) is 8.42 Å². The molecule has 0 aliphatic carbocycles. The molecule has 208 valence electrons. The van der Waals surface area contributed by atoms with Crippen LogP contribution in [0.1, 0.15) is 32.8 Å². The highest BCUT2D eigenvalue weighted by Gasteiger charge is 2.33. The number of methoxy groups -OCH3 is 1. The molecule has 0 saturated carbocycles. The average molecular weight is 617 g/mol. The van der Waals surface area contributed by atoms with Gasteiger partial charge in [0.2, 0.25) is 11.8 Å². The minimum absolute atomic E-state index is 0.0322. The van der Waals surface area contributed by atoms with Crippen molar-refractivity contribution in [1.29, 1.82) is 0 Å². The molecule has 2 atom stereocenters.